The average Bonchev–Trinajstić information content (AvgIpc) is 2.39. The number of nitrogens with zero attached hydrogens (tertiary/aromatic N) is 2. The van der Waals surface area contributed by atoms with Gasteiger partial charge in [0.1, 0.15) is 0 Å². The van der Waals surface area contributed by atoms with Crippen LogP contribution in [0.1, 0.15) is 45.1 Å². The summed E-state index contributed by atoms with van der Waals surface area (Å²) in [5.41, 5.74) is 0.993. The van der Waals surface area contributed by atoms with Gasteiger partial charge in [-0.25, -0.2) is 0 Å². The molecule has 1 saturated carbocycles. The van der Waals surface area contributed by atoms with Gasteiger partial charge in [-0.05, 0) is 71.5 Å². The van der Waals surface area contributed by atoms with E-state index in [0.29, 0.717) is 0 Å². The van der Waals surface area contributed by atoms with Crippen LogP contribution in [0, 0.1) is 28.6 Å². The van der Waals surface area contributed by atoms with Crippen molar-refractivity contribution in [2.45, 2.75) is 46.0 Å². The molecule has 0 bridgehead atoms. The summed E-state index contributed by atoms with van der Waals surface area (Å²) in [6, 6.07) is 4.69. The van der Waals surface area contributed by atoms with Crippen LogP contribution in [0.2, 0.25) is 0 Å². The number of rotatable bonds is 3. The second kappa shape index (κ2) is 6.05. The Morgan fingerprint density at radius 1 is 1.42 bits per heavy atom. The molecule has 1 aromatic rings. The summed E-state index contributed by atoms with van der Waals surface area (Å²) in [6.45, 7) is 4.59. The molecule has 1 heterocycles. The summed E-state index contributed by atoms with van der Waals surface area (Å²) in [7, 11) is 0. The predicted molar refractivity (Wildman–Crippen MR) is 80.5 cm³/mol. The van der Waals surface area contributed by atoms with E-state index < -0.39 is 0 Å². The van der Waals surface area contributed by atoms with Gasteiger partial charge in [0.15, 0.2) is 0 Å². The molecule has 0 aliphatic heterocycles. The molecule has 0 amide bonds. The van der Waals surface area contributed by atoms with E-state index in [9.17, 15) is 5.26 Å². The van der Waals surface area contributed by atoms with Crippen LogP contribution >= 0.6 is 15.9 Å². The summed E-state index contributed by atoms with van der Waals surface area (Å²) in [4.78, 5) is 4.20. The molecule has 0 saturated heterocycles. The maximum atomic E-state index is 9.61. The van der Waals surface area contributed by atoms with Crippen LogP contribution in [0.15, 0.2) is 22.9 Å². The highest BCUT2D eigenvalue weighted by atomic mass is 79.9. The molecule has 0 radical (unpaired) electrons. The third kappa shape index (κ3) is 3.57. The molecule has 2 nitrogen and oxygen atoms in total. The highest BCUT2D eigenvalue weighted by molar-refractivity contribution is 9.10. The second-order valence-electron chi connectivity index (χ2n) is 6.16. The Morgan fingerprint density at radius 2 is 2.11 bits per heavy atom. The minimum Gasteiger partial charge on any atom is -0.263 e. The van der Waals surface area contributed by atoms with Gasteiger partial charge in [0.05, 0.1) is 11.5 Å². The molecule has 102 valence electrons. The average molecular weight is 321 g/mol. The van der Waals surface area contributed by atoms with E-state index in [1.54, 1.807) is 6.20 Å². The highest BCUT2D eigenvalue weighted by Crippen LogP contribution is 2.43. The van der Waals surface area contributed by atoms with Crippen LogP contribution in [0.3, 0.4) is 0 Å². The van der Waals surface area contributed by atoms with Crippen molar-refractivity contribution in [1.29, 1.82) is 5.26 Å². The molecule has 1 aromatic heterocycles. The van der Waals surface area contributed by atoms with E-state index in [1.807, 2.05) is 6.20 Å². The van der Waals surface area contributed by atoms with Crippen molar-refractivity contribution in [2.24, 2.45) is 17.3 Å². The van der Waals surface area contributed by atoms with Crippen molar-refractivity contribution in [3.63, 3.8) is 0 Å². The Labute approximate surface area is 124 Å². The molecule has 19 heavy (non-hydrogen) atoms. The highest BCUT2D eigenvalue weighted by Gasteiger charge is 2.36. The van der Waals surface area contributed by atoms with E-state index in [-0.39, 0.29) is 5.41 Å². The third-order valence-corrected chi connectivity index (χ3v) is 4.91. The Morgan fingerprint density at radius 3 is 2.63 bits per heavy atom. The molecule has 1 fully saturated rings. The van der Waals surface area contributed by atoms with Crippen LogP contribution in [-0.4, -0.2) is 4.98 Å². The van der Waals surface area contributed by atoms with E-state index in [2.05, 4.69) is 46.9 Å². The zero-order valence-corrected chi connectivity index (χ0v) is 13.3. The van der Waals surface area contributed by atoms with Crippen molar-refractivity contribution < 1.29 is 0 Å². The van der Waals surface area contributed by atoms with E-state index in [4.69, 9.17) is 0 Å². The lowest BCUT2D eigenvalue weighted by Crippen LogP contribution is -2.30. The zero-order chi connectivity index (χ0) is 13.9. The minimum atomic E-state index is -0.173. The van der Waals surface area contributed by atoms with Gasteiger partial charge in [-0.1, -0.05) is 13.8 Å². The van der Waals surface area contributed by atoms with Crippen LogP contribution in [0.25, 0.3) is 0 Å². The van der Waals surface area contributed by atoms with E-state index in [1.165, 1.54) is 18.4 Å². The molecular formula is C16H21BrN2. The largest absolute Gasteiger partial charge is 0.263 e. The lowest BCUT2D eigenvalue weighted by atomic mass is 9.66. The summed E-state index contributed by atoms with van der Waals surface area (Å²) < 4.78 is 0.994. The number of hydrogen-bond donors (Lipinski definition) is 0. The first-order valence-electron chi connectivity index (χ1n) is 7.05. The monoisotopic (exact) mass is 320 g/mol. The first kappa shape index (κ1) is 14.5. The molecule has 0 spiro atoms. The zero-order valence-electron chi connectivity index (χ0n) is 11.7. The molecule has 0 atom stereocenters. The number of hydrogen-bond acceptors (Lipinski definition) is 2. The van der Waals surface area contributed by atoms with Gasteiger partial charge in [-0.2, -0.15) is 5.26 Å². The molecule has 3 heteroatoms. The fourth-order valence-corrected chi connectivity index (χ4v) is 3.54. The van der Waals surface area contributed by atoms with Gasteiger partial charge in [0, 0.05) is 16.9 Å². The maximum Gasteiger partial charge on any atom is 0.0693 e. The summed E-state index contributed by atoms with van der Waals surface area (Å²) >= 11 is 3.45. The number of pyridine rings is 1. The van der Waals surface area contributed by atoms with Crippen molar-refractivity contribution >= 4 is 15.9 Å². The third-order valence-electron chi connectivity index (χ3n) is 4.47. The van der Waals surface area contributed by atoms with Crippen molar-refractivity contribution in [1.82, 2.24) is 4.98 Å². The SMILES string of the molecule is CC(C)C1CCC(C#N)(Cc2cncc(Br)c2)CC1. The standard InChI is InChI=1S/C16H21BrN2/c1-12(2)14-3-5-16(11-18,6-4-14)8-13-7-15(17)10-19-9-13/h7,9-10,12,14H,3-6,8H2,1-2H3. The first-order valence-corrected chi connectivity index (χ1v) is 7.85. The van der Waals surface area contributed by atoms with Crippen molar-refractivity contribution in [3.8, 4) is 6.07 Å². The van der Waals surface area contributed by atoms with Crippen molar-refractivity contribution in [2.75, 3.05) is 0 Å². The topological polar surface area (TPSA) is 36.7 Å². The van der Waals surface area contributed by atoms with Gasteiger partial charge < -0.3 is 0 Å². The van der Waals surface area contributed by atoms with Gasteiger partial charge in [0.2, 0.25) is 0 Å². The predicted octanol–water partition coefficient (Wildman–Crippen LogP) is 4.74. The second-order valence-corrected chi connectivity index (χ2v) is 7.08. The normalized spacial score (nSPS) is 27.2. The summed E-state index contributed by atoms with van der Waals surface area (Å²) in [5.74, 6) is 1.53. The van der Waals surface area contributed by atoms with Gasteiger partial charge >= 0.3 is 0 Å². The first-order chi connectivity index (χ1) is 9.04. The summed E-state index contributed by atoms with van der Waals surface area (Å²) in [5, 5.41) is 9.61. The van der Waals surface area contributed by atoms with Crippen LogP contribution in [0.4, 0.5) is 0 Å². The molecule has 0 unspecified atom stereocenters. The fraction of sp³-hybridized carbons (Fsp3) is 0.625. The number of nitriles is 1. The van der Waals surface area contributed by atoms with Crippen LogP contribution in [-0.2, 0) is 6.42 Å². The van der Waals surface area contributed by atoms with Crippen LogP contribution < -0.4 is 0 Å². The van der Waals surface area contributed by atoms with Gasteiger partial charge in [-0.3, -0.25) is 4.98 Å². The van der Waals surface area contributed by atoms with Crippen LogP contribution in [0.5, 0.6) is 0 Å². The lowest BCUT2D eigenvalue weighted by Gasteiger charge is -2.36. The van der Waals surface area contributed by atoms with Crippen molar-refractivity contribution in [3.05, 3.63) is 28.5 Å². The Hall–Kier alpha value is -0.880. The van der Waals surface area contributed by atoms with E-state index in [0.717, 1.165) is 35.6 Å². The molecule has 1 aliphatic rings. The minimum absolute atomic E-state index is 0.173. The summed E-state index contributed by atoms with van der Waals surface area (Å²) in [6.07, 6.45) is 8.94. The molecule has 0 N–H and O–H groups in total. The lowest BCUT2D eigenvalue weighted by molar-refractivity contribution is 0.175. The smallest absolute Gasteiger partial charge is 0.0693 e. The number of aromatic nitrogens is 1. The quantitative estimate of drug-likeness (QED) is 0.806. The molecule has 0 aromatic carbocycles. The fourth-order valence-electron chi connectivity index (χ4n) is 3.13. The molecule has 1 aliphatic carbocycles. The Balaban J connectivity index is 2.07. The van der Waals surface area contributed by atoms with Gasteiger partial charge in [0.25, 0.3) is 0 Å². The Bertz CT molecular complexity index is 468. The maximum absolute atomic E-state index is 9.61. The number of halogens is 1. The Kier molecular flexibility index (Phi) is 4.62. The van der Waals surface area contributed by atoms with Gasteiger partial charge in [-0.15, -0.1) is 0 Å². The van der Waals surface area contributed by atoms with E-state index >= 15 is 0 Å². The molecule has 2 rings (SSSR count). The molecular weight excluding hydrogens is 300 g/mol.